The summed E-state index contributed by atoms with van der Waals surface area (Å²) in [4.78, 5) is 7.14. The molecule has 0 aliphatic rings. The topological polar surface area (TPSA) is 28.7 Å². The van der Waals surface area contributed by atoms with Crippen molar-refractivity contribution in [2.75, 3.05) is 0 Å². The summed E-state index contributed by atoms with van der Waals surface area (Å²) in [7, 11) is 0. The van der Waals surface area contributed by atoms with Gasteiger partial charge in [-0.2, -0.15) is 0 Å². The Morgan fingerprint density at radius 1 is 1.26 bits per heavy atom. The first-order chi connectivity index (χ1) is 8.95. The van der Waals surface area contributed by atoms with Gasteiger partial charge in [0.15, 0.2) is 0 Å². The average molecular weight is 280 g/mol. The molecular weight excluding hydrogens is 266 g/mol. The molecule has 100 valence electrons. The highest BCUT2D eigenvalue weighted by Gasteiger charge is 2.17. The van der Waals surface area contributed by atoms with Crippen molar-refractivity contribution in [1.29, 1.82) is 0 Å². The van der Waals surface area contributed by atoms with Crippen LogP contribution in [0.25, 0.3) is 11.3 Å². The van der Waals surface area contributed by atoms with Gasteiger partial charge in [-0.1, -0.05) is 25.2 Å². The van der Waals surface area contributed by atoms with Gasteiger partial charge in [0.2, 0.25) is 0 Å². The fourth-order valence-corrected chi connectivity index (χ4v) is 2.09. The molecule has 0 amide bonds. The minimum atomic E-state index is -0.606. The van der Waals surface area contributed by atoms with Crippen molar-refractivity contribution in [3.8, 4) is 11.3 Å². The molecule has 2 rings (SSSR count). The number of hydrogen-bond acceptors (Lipinski definition) is 2. The summed E-state index contributed by atoms with van der Waals surface area (Å²) >= 11 is 5.14. The SMILES string of the molecule is CCc1nc(=S)c(C)c(-c2c(F)ccc(C)c2F)[nH]1. The number of aromatic nitrogens is 2. The van der Waals surface area contributed by atoms with Crippen molar-refractivity contribution in [2.24, 2.45) is 0 Å². The molecule has 0 bridgehead atoms. The molecule has 0 aliphatic heterocycles. The number of nitrogens with one attached hydrogen (secondary N) is 1. The van der Waals surface area contributed by atoms with Gasteiger partial charge in [0.05, 0.1) is 11.3 Å². The van der Waals surface area contributed by atoms with Crippen LogP contribution in [0.5, 0.6) is 0 Å². The van der Waals surface area contributed by atoms with Crippen molar-refractivity contribution >= 4 is 12.2 Å². The van der Waals surface area contributed by atoms with Crippen LogP contribution in [0.15, 0.2) is 12.1 Å². The van der Waals surface area contributed by atoms with Gasteiger partial charge < -0.3 is 4.98 Å². The zero-order chi connectivity index (χ0) is 14.2. The molecule has 0 spiro atoms. The van der Waals surface area contributed by atoms with E-state index in [0.29, 0.717) is 33.7 Å². The van der Waals surface area contributed by atoms with Crippen LogP contribution in [0.1, 0.15) is 23.9 Å². The highest BCUT2D eigenvalue weighted by molar-refractivity contribution is 7.71. The van der Waals surface area contributed by atoms with E-state index in [1.807, 2.05) is 6.92 Å². The molecule has 0 saturated heterocycles. The van der Waals surface area contributed by atoms with Gasteiger partial charge in [0.1, 0.15) is 22.1 Å². The lowest BCUT2D eigenvalue weighted by atomic mass is 10.0. The van der Waals surface area contributed by atoms with Crippen LogP contribution in [-0.2, 0) is 6.42 Å². The van der Waals surface area contributed by atoms with Crippen molar-refractivity contribution in [3.63, 3.8) is 0 Å². The summed E-state index contributed by atoms with van der Waals surface area (Å²) in [6, 6.07) is 2.68. The van der Waals surface area contributed by atoms with Gasteiger partial charge in [-0.15, -0.1) is 0 Å². The molecule has 0 radical (unpaired) electrons. The highest BCUT2D eigenvalue weighted by atomic mass is 32.1. The van der Waals surface area contributed by atoms with E-state index in [0.717, 1.165) is 0 Å². The summed E-state index contributed by atoms with van der Waals surface area (Å²) in [6.45, 7) is 5.21. The summed E-state index contributed by atoms with van der Waals surface area (Å²) < 4.78 is 28.5. The van der Waals surface area contributed by atoms with E-state index in [1.54, 1.807) is 13.8 Å². The Morgan fingerprint density at radius 3 is 2.58 bits per heavy atom. The Labute approximate surface area is 115 Å². The lowest BCUT2D eigenvalue weighted by Crippen LogP contribution is -2.03. The van der Waals surface area contributed by atoms with Crippen molar-refractivity contribution in [1.82, 2.24) is 9.97 Å². The molecule has 1 heterocycles. The molecule has 2 aromatic rings. The van der Waals surface area contributed by atoms with Gasteiger partial charge in [-0.25, -0.2) is 13.8 Å². The van der Waals surface area contributed by atoms with E-state index in [2.05, 4.69) is 9.97 Å². The van der Waals surface area contributed by atoms with E-state index < -0.39 is 11.6 Å². The first-order valence-corrected chi connectivity index (χ1v) is 6.41. The molecule has 0 aliphatic carbocycles. The third kappa shape index (κ3) is 2.42. The molecule has 5 heteroatoms. The number of rotatable bonds is 2. The van der Waals surface area contributed by atoms with E-state index in [1.165, 1.54) is 12.1 Å². The first-order valence-electron chi connectivity index (χ1n) is 6.00. The molecule has 0 fully saturated rings. The Hall–Kier alpha value is -1.62. The Balaban J connectivity index is 2.83. The van der Waals surface area contributed by atoms with Crippen LogP contribution in [0.3, 0.4) is 0 Å². The van der Waals surface area contributed by atoms with Crippen molar-refractivity contribution in [3.05, 3.63) is 45.4 Å². The lowest BCUT2D eigenvalue weighted by Gasteiger charge is -2.12. The summed E-state index contributed by atoms with van der Waals surface area (Å²) in [6.07, 6.45) is 0.617. The molecule has 2 nitrogen and oxygen atoms in total. The predicted molar refractivity (Wildman–Crippen MR) is 73.6 cm³/mol. The van der Waals surface area contributed by atoms with Gasteiger partial charge in [0, 0.05) is 12.0 Å². The Kier molecular flexibility index (Phi) is 3.75. The maximum Gasteiger partial charge on any atom is 0.138 e. The van der Waals surface area contributed by atoms with E-state index in [4.69, 9.17) is 12.2 Å². The normalized spacial score (nSPS) is 10.8. The molecule has 0 unspecified atom stereocenters. The molecular formula is C14H14F2N2S. The monoisotopic (exact) mass is 280 g/mol. The van der Waals surface area contributed by atoms with Gasteiger partial charge in [-0.3, -0.25) is 0 Å². The standard InChI is InChI=1S/C14H14F2N2S/c1-4-10-17-13(8(3)14(19)18-10)11-9(15)6-5-7(2)12(11)16/h5-6H,4H2,1-3H3,(H,17,18,19). The zero-order valence-electron chi connectivity index (χ0n) is 11.0. The number of aryl methyl sites for hydroxylation is 2. The molecule has 1 aromatic carbocycles. The van der Waals surface area contributed by atoms with Crippen LogP contribution in [0, 0.1) is 30.1 Å². The number of benzene rings is 1. The number of halogens is 2. The van der Waals surface area contributed by atoms with Crippen LogP contribution >= 0.6 is 12.2 Å². The second-order valence-corrected chi connectivity index (χ2v) is 4.78. The van der Waals surface area contributed by atoms with Crippen molar-refractivity contribution in [2.45, 2.75) is 27.2 Å². The molecule has 0 saturated carbocycles. The Morgan fingerprint density at radius 2 is 1.95 bits per heavy atom. The Bertz CT molecular complexity index is 693. The van der Waals surface area contributed by atoms with E-state index in [9.17, 15) is 8.78 Å². The van der Waals surface area contributed by atoms with Crippen LogP contribution < -0.4 is 0 Å². The summed E-state index contributed by atoms with van der Waals surface area (Å²) in [5.74, 6) is -0.557. The zero-order valence-corrected chi connectivity index (χ0v) is 11.8. The largest absolute Gasteiger partial charge is 0.343 e. The lowest BCUT2D eigenvalue weighted by molar-refractivity contribution is 0.582. The minimum absolute atomic E-state index is 0.0688. The average Bonchev–Trinajstić information content (AvgIpc) is 2.39. The molecule has 0 atom stereocenters. The van der Waals surface area contributed by atoms with E-state index in [-0.39, 0.29) is 5.56 Å². The molecule has 1 N–H and O–H groups in total. The highest BCUT2D eigenvalue weighted by Crippen LogP contribution is 2.29. The third-order valence-corrected chi connectivity index (χ3v) is 3.47. The van der Waals surface area contributed by atoms with E-state index >= 15 is 0 Å². The number of aromatic amines is 1. The summed E-state index contributed by atoms with van der Waals surface area (Å²) in [5, 5.41) is 0. The number of nitrogens with zero attached hydrogens (tertiary/aromatic N) is 1. The van der Waals surface area contributed by atoms with Crippen LogP contribution in [0.4, 0.5) is 8.78 Å². The number of H-pyrrole nitrogens is 1. The third-order valence-electron chi connectivity index (χ3n) is 3.07. The van der Waals surface area contributed by atoms with Gasteiger partial charge in [-0.05, 0) is 25.5 Å². The minimum Gasteiger partial charge on any atom is -0.343 e. The second-order valence-electron chi connectivity index (χ2n) is 4.40. The van der Waals surface area contributed by atoms with Crippen LogP contribution in [-0.4, -0.2) is 9.97 Å². The predicted octanol–water partition coefficient (Wildman–Crippen LogP) is 4.26. The smallest absolute Gasteiger partial charge is 0.138 e. The number of hydrogen-bond donors (Lipinski definition) is 1. The molecule has 1 aromatic heterocycles. The maximum absolute atomic E-state index is 14.2. The van der Waals surface area contributed by atoms with Crippen LogP contribution in [0.2, 0.25) is 0 Å². The second kappa shape index (κ2) is 5.17. The first kappa shape index (κ1) is 13.8. The molecule has 19 heavy (non-hydrogen) atoms. The van der Waals surface area contributed by atoms with Crippen molar-refractivity contribution < 1.29 is 8.78 Å². The van der Waals surface area contributed by atoms with Gasteiger partial charge in [0.25, 0.3) is 0 Å². The fraction of sp³-hybridized carbons (Fsp3) is 0.286. The van der Waals surface area contributed by atoms with Gasteiger partial charge >= 0.3 is 0 Å². The maximum atomic E-state index is 14.2. The quantitative estimate of drug-likeness (QED) is 0.832. The fourth-order valence-electron chi connectivity index (χ4n) is 1.88. The summed E-state index contributed by atoms with van der Waals surface area (Å²) in [5.41, 5.74) is 1.27.